The van der Waals surface area contributed by atoms with Gasteiger partial charge in [-0.1, -0.05) is 6.08 Å². The number of rotatable bonds is 2. The summed E-state index contributed by atoms with van der Waals surface area (Å²) in [4.78, 5) is 11.1. The van der Waals surface area contributed by atoms with Crippen molar-refractivity contribution in [1.82, 2.24) is 5.32 Å². The van der Waals surface area contributed by atoms with Crippen LogP contribution in [0.3, 0.4) is 0 Å². The lowest BCUT2D eigenvalue weighted by atomic mass is 10.00. The van der Waals surface area contributed by atoms with Gasteiger partial charge in [0.25, 0.3) is 0 Å². The topological polar surface area (TPSA) is 38.3 Å². The lowest BCUT2D eigenvalue weighted by molar-refractivity contribution is 0.137. The fourth-order valence-electron chi connectivity index (χ4n) is 1.71. The van der Waals surface area contributed by atoms with E-state index in [9.17, 15) is 4.79 Å². The Bertz CT molecular complexity index is 231. The summed E-state index contributed by atoms with van der Waals surface area (Å²) < 4.78 is 5.28. The molecule has 0 aromatic carbocycles. The van der Waals surface area contributed by atoms with Crippen LogP contribution in [0, 0.1) is 0 Å². The predicted molar refractivity (Wildman–Crippen MR) is 64.2 cm³/mol. The molecule has 0 saturated heterocycles. The molecule has 1 aliphatic carbocycles. The quantitative estimate of drug-likeness (QED) is 0.583. The summed E-state index contributed by atoms with van der Waals surface area (Å²) in [6.45, 7) is 0. The van der Waals surface area contributed by atoms with Crippen LogP contribution in [0.1, 0.15) is 25.7 Å². The third-order valence-corrected chi connectivity index (χ3v) is 3.08. The van der Waals surface area contributed by atoms with Crippen LogP contribution in [0.5, 0.6) is 0 Å². The van der Waals surface area contributed by atoms with Gasteiger partial charge >= 0.3 is 5.30 Å². The van der Waals surface area contributed by atoms with Gasteiger partial charge in [0.05, 0.1) is 0 Å². The molecular formula is C11H19NO2S. The SMILES string of the molecule is CNC1CC/C=C/C(OC(=O)SC)CC1. The Morgan fingerprint density at radius 2 is 2.27 bits per heavy atom. The summed E-state index contributed by atoms with van der Waals surface area (Å²) in [5.74, 6) is 0. The molecule has 15 heavy (non-hydrogen) atoms. The maximum atomic E-state index is 11.1. The lowest BCUT2D eigenvalue weighted by Gasteiger charge is -2.21. The van der Waals surface area contributed by atoms with Gasteiger partial charge in [0.15, 0.2) is 0 Å². The summed E-state index contributed by atoms with van der Waals surface area (Å²) >= 11 is 1.13. The van der Waals surface area contributed by atoms with E-state index in [4.69, 9.17) is 4.74 Å². The number of carbonyl (C=O) groups excluding carboxylic acids is 1. The summed E-state index contributed by atoms with van der Waals surface area (Å²) in [5, 5.41) is 3.09. The number of ether oxygens (including phenoxy) is 1. The van der Waals surface area contributed by atoms with Crippen molar-refractivity contribution in [3.8, 4) is 0 Å². The molecule has 0 aliphatic heterocycles. The zero-order valence-electron chi connectivity index (χ0n) is 9.36. The highest BCUT2D eigenvalue weighted by atomic mass is 32.2. The second-order valence-corrected chi connectivity index (χ2v) is 4.42. The van der Waals surface area contributed by atoms with Crippen molar-refractivity contribution in [3.05, 3.63) is 12.2 Å². The van der Waals surface area contributed by atoms with E-state index in [0.717, 1.165) is 37.4 Å². The highest BCUT2D eigenvalue weighted by molar-refractivity contribution is 8.12. The Morgan fingerprint density at radius 1 is 1.47 bits per heavy atom. The van der Waals surface area contributed by atoms with Crippen molar-refractivity contribution in [2.24, 2.45) is 0 Å². The molecule has 0 saturated carbocycles. The van der Waals surface area contributed by atoms with Crippen molar-refractivity contribution in [3.63, 3.8) is 0 Å². The molecule has 2 unspecified atom stereocenters. The molecule has 0 heterocycles. The second kappa shape index (κ2) is 6.90. The van der Waals surface area contributed by atoms with Gasteiger partial charge in [-0.15, -0.1) is 0 Å². The zero-order chi connectivity index (χ0) is 11.1. The van der Waals surface area contributed by atoms with E-state index in [1.165, 1.54) is 0 Å². The van der Waals surface area contributed by atoms with Crippen LogP contribution in [0.15, 0.2) is 12.2 Å². The fourth-order valence-corrected chi connectivity index (χ4v) is 1.93. The van der Waals surface area contributed by atoms with E-state index in [2.05, 4.69) is 11.4 Å². The van der Waals surface area contributed by atoms with Gasteiger partial charge in [0.1, 0.15) is 6.10 Å². The van der Waals surface area contributed by atoms with Crippen LogP contribution in [0.4, 0.5) is 4.79 Å². The first-order valence-corrected chi connectivity index (χ1v) is 6.57. The van der Waals surface area contributed by atoms with E-state index >= 15 is 0 Å². The van der Waals surface area contributed by atoms with Gasteiger partial charge in [-0.3, -0.25) is 0 Å². The summed E-state index contributed by atoms with van der Waals surface area (Å²) in [6, 6.07) is 0.547. The van der Waals surface area contributed by atoms with Crippen molar-refractivity contribution in [2.45, 2.75) is 37.8 Å². The maximum absolute atomic E-state index is 11.1. The van der Waals surface area contributed by atoms with Crippen LogP contribution in [-0.2, 0) is 4.74 Å². The highest BCUT2D eigenvalue weighted by Crippen LogP contribution is 2.16. The number of hydrogen-bond acceptors (Lipinski definition) is 4. The molecule has 3 nitrogen and oxygen atoms in total. The van der Waals surface area contributed by atoms with Crippen LogP contribution in [0.2, 0.25) is 0 Å². The standard InChI is InChI=1S/C11H19NO2S/c1-12-9-5-3-4-6-10(8-7-9)14-11(13)15-2/h4,6,9-10,12H,3,5,7-8H2,1-2H3/b6-4+. The Labute approximate surface area is 95.6 Å². The molecule has 0 spiro atoms. The molecule has 0 aromatic heterocycles. The van der Waals surface area contributed by atoms with E-state index in [-0.39, 0.29) is 11.4 Å². The Kier molecular flexibility index (Phi) is 5.79. The maximum Gasteiger partial charge on any atom is 0.367 e. The monoisotopic (exact) mass is 229 g/mol. The normalized spacial score (nSPS) is 28.9. The van der Waals surface area contributed by atoms with Crippen molar-refractivity contribution in [1.29, 1.82) is 0 Å². The van der Waals surface area contributed by atoms with Gasteiger partial charge < -0.3 is 10.1 Å². The molecule has 86 valence electrons. The zero-order valence-corrected chi connectivity index (χ0v) is 10.2. The number of thioether (sulfide) groups is 1. The van der Waals surface area contributed by atoms with Crippen LogP contribution < -0.4 is 5.32 Å². The molecule has 1 N–H and O–H groups in total. The summed E-state index contributed by atoms with van der Waals surface area (Å²) in [6.07, 6.45) is 10.0. The lowest BCUT2D eigenvalue weighted by Crippen LogP contribution is -2.28. The van der Waals surface area contributed by atoms with E-state index in [1.807, 2.05) is 13.1 Å². The van der Waals surface area contributed by atoms with Gasteiger partial charge in [0, 0.05) is 6.04 Å². The Morgan fingerprint density at radius 3 is 2.93 bits per heavy atom. The number of allylic oxidation sites excluding steroid dienone is 1. The molecule has 1 rings (SSSR count). The average Bonchev–Trinajstić information content (AvgIpc) is 2.22. The minimum atomic E-state index is -0.189. The fraction of sp³-hybridized carbons (Fsp3) is 0.727. The average molecular weight is 229 g/mol. The number of carbonyl (C=O) groups is 1. The van der Waals surface area contributed by atoms with Gasteiger partial charge in [-0.2, -0.15) is 0 Å². The van der Waals surface area contributed by atoms with Gasteiger partial charge in [-0.05, 0) is 56.8 Å². The van der Waals surface area contributed by atoms with Crippen LogP contribution >= 0.6 is 11.8 Å². The smallest absolute Gasteiger partial charge is 0.367 e. The molecule has 0 amide bonds. The van der Waals surface area contributed by atoms with E-state index in [0.29, 0.717) is 6.04 Å². The first-order chi connectivity index (χ1) is 7.26. The molecule has 0 fully saturated rings. The van der Waals surface area contributed by atoms with Gasteiger partial charge in [0.2, 0.25) is 0 Å². The minimum Gasteiger partial charge on any atom is -0.450 e. The Hall–Kier alpha value is -0.480. The third kappa shape index (κ3) is 4.71. The minimum absolute atomic E-state index is 0.0406. The number of hydrogen-bond donors (Lipinski definition) is 1. The number of nitrogens with one attached hydrogen (secondary N) is 1. The first kappa shape index (κ1) is 12.6. The van der Waals surface area contributed by atoms with E-state index < -0.39 is 0 Å². The second-order valence-electron chi connectivity index (χ2n) is 3.68. The molecule has 0 radical (unpaired) electrons. The van der Waals surface area contributed by atoms with Crippen molar-refractivity contribution in [2.75, 3.05) is 13.3 Å². The van der Waals surface area contributed by atoms with Crippen molar-refractivity contribution >= 4 is 17.1 Å². The molecular weight excluding hydrogens is 210 g/mol. The summed E-state index contributed by atoms with van der Waals surface area (Å²) in [5.41, 5.74) is 0. The van der Waals surface area contributed by atoms with Gasteiger partial charge in [-0.25, -0.2) is 4.79 Å². The molecule has 0 bridgehead atoms. The van der Waals surface area contributed by atoms with Crippen molar-refractivity contribution < 1.29 is 9.53 Å². The highest BCUT2D eigenvalue weighted by Gasteiger charge is 2.15. The van der Waals surface area contributed by atoms with Crippen LogP contribution in [0.25, 0.3) is 0 Å². The third-order valence-electron chi connectivity index (χ3n) is 2.65. The molecule has 2 atom stereocenters. The first-order valence-electron chi connectivity index (χ1n) is 5.34. The largest absolute Gasteiger partial charge is 0.450 e. The van der Waals surface area contributed by atoms with E-state index in [1.54, 1.807) is 6.26 Å². The molecule has 0 aromatic rings. The molecule has 4 heteroatoms. The summed E-state index contributed by atoms with van der Waals surface area (Å²) in [7, 11) is 1.99. The van der Waals surface area contributed by atoms with Crippen LogP contribution in [-0.4, -0.2) is 30.8 Å². The Balaban J connectivity index is 2.43. The predicted octanol–water partition coefficient (Wildman–Crippen LogP) is 2.57. The molecule has 1 aliphatic rings.